The normalized spacial score (nSPS) is 10.8. The highest BCUT2D eigenvalue weighted by atomic mass is 16.2. The monoisotopic (exact) mass is 246 g/mol. The second-order valence-corrected chi connectivity index (χ2v) is 4.18. The van der Waals surface area contributed by atoms with E-state index >= 15 is 0 Å². The molecule has 0 spiro atoms. The van der Waals surface area contributed by atoms with E-state index in [0.717, 1.165) is 24.1 Å². The number of hydrogen-bond donors (Lipinski definition) is 2. The van der Waals surface area contributed by atoms with Gasteiger partial charge in [-0.25, -0.2) is 4.98 Å². The fourth-order valence-corrected chi connectivity index (χ4v) is 1.76. The molecule has 0 aliphatic carbocycles. The van der Waals surface area contributed by atoms with E-state index in [1.807, 2.05) is 31.2 Å². The van der Waals surface area contributed by atoms with Crippen LogP contribution in [-0.2, 0) is 0 Å². The third-order valence-electron chi connectivity index (χ3n) is 2.81. The summed E-state index contributed by atoms with van der Waals surface area (Å²) in [7, 11) is 1.78. The first kappa shape index (κ1) is 12.6. The van der Waals surface area contributed by atoms with E-state index in [1.165, 1.54) is 0 Å². The molecule has 0 radical (unpaired) electrons. The number of nitrogens with one attached hydrogen (secondary N) is 2. The van der Waals surface area contributed by atoms with Crippen LogP contribution in [0, 0.1) is 0 Å². The number of rotatable bonds is 5. The number of likely N-dealkylation sites (N-methyl/N-ethyl adjacent to an activating group) is 2. The van der Waals surface area contributed by atoms with Crippen molar-refractivity contribution in [2.24, 2.45) is 0 Å². The number of para-hydroxylation sites is 2. The number of hydrogen-bond acceptors (Lipinski definition) is 3. The van der Waals surface area contributed by atoms with Crippen molar-refractivity contribution in [3.63, 3.8) is 0 Å². The molecule has 0 saturated heterocycles. The van der Waals surface area contributed by atoms with Gasteiger partial charge in [-0.3, -0.25) is 4.79 Å². The number of carbonyl (C=O) groups is 1. The number of aromatic amines is 1. The number of carbonyl (C=O) groups excluding carboxylic acids is 1. The van der Waals surface area contributed by atoms with E-state index in [4.69, 9.17) is 0 Å². The summed E-state index contributed by atoms with van der Waals surface area (Å²) < 4.78 is 0. The molecule has 0 atom stereocenters. The molecule has 0 unspecified atom stereocenters. The standard InChI is InChI=1S/C13H18N4O/c1-3-14-8-9-17(2)13(18)12-15-10-6-4-5-7-11(10)16-12/h4-7,14H,3,8-9H2,1-2H3,(H,15,16). The quantitative estimate of drug-likeness (QED) is 0.780. The van der Waals surface area contributed by atoms with Gasteiger partial charge in [0.15, 0.2) is 5.82 Å². The Labute approximate surface area is 106 Å². The van der Waals surface area contributed by atoms with Gasteiger partial charge in [0.05, 0.1) is 11.0 Å². The lowest BCUT2D eigenvalue weighted by atomic mass is 10.3. The van der Waals surface area contributed by atoms with Gasteiger partial charge in [0, 0.05) is 20.1 Å². The highest BCUT2D eigenvalue weighted by Gasteiger charge is 2.15. The molecule has 2 aromatic rings. The van der Waals surface area contributed by atoms with Crippen molar-refractivity contribution in [3.8, 4) is 0 Å². The third-order valence-corrected chi connectivity index (χ3v) is 2.81. The van der Waals surface area contributed by atoms with Crippen molar-refractivity contribution in [2.45, 2.75) is 6.92 Å². The van der Waals surface area contributed by atoms with Crippen LogP contribution in [0.25, 0.3) is 11.0 Å². The maximum absolute atomic E-state index is 12.1. The molecular weight excluding hydrogens is 228 g/mol. The Morgan fingerprint density at radius 1 is 1.44 bits per heavy atom. The zero-order valence-corrected chi connectivity index (χ0v) is 10.7. The average molecular weight is 246 g/mol. The van der Waals surface area contributed by atoms with Gasteiger partial charge >= 0.3 is 0 Å². The molecule has 0 aliphatic heterocycles. The van der Waals surface area contributed by atoms with Crippen molar-refractivity contribution >= 4 is 16.9 Å². The van der Waals surface area contributed by atoms with Crippen LogP contribution in [0.15, 0.2) is 24.3 Å². The minimum atomic E-state index is -0.0795. The highest BCUT2D eigenvalue weighted by Crippen LogP contribution is 2.11. The smallest absolute Gasteiger partial charge is 0.289 e. The van der Waals surface area contributed by atoms with E-state index in [0.29, 0.717) is 12.4 Å². The van der Waals surface area contributed by atoms with Crippen molar-refractivity contribution in [3.05, 3.63) is 30.1 Å². The Balaban J connectivity index is 2.08. The van der Waals surface area contributed by atoms with Crippen LogP contribution >= 0.6 is 0 Å². The molecule has 96 valence electrons. The molecule has 0 fully saturated rings. The molecule has 2 N–H and O–H groups in total. The number of imidazole rings is 1. The molecular formula is C13H18N4O. The summed E-state index contributed by atoms with van der Waals surface area (Å²) >= 11 is 0. The third kappa shape index (κ3) is 2.68. The summed E-state index contributed by atoms with van der Waals surface area (Å²) in [5, 5.41) is 3.19. The van der Waals surface area contributed by atoms with E-state index in [-0.39, 0.29) is 5.91 Å². The molecule has 18 heavy (non-hydrogen) atoms. The van der Waals surface area contributed by atoms with E-state index in [1.54, 1.807) is 11.9 Å². The summed E-state index contributed by atoms with van der Waals surface area (Å²) in [6, 6.07) is 7.63. The van der Waals surface area contributed by atoms with Crippen LogP contribution in [0.5, 0.6) is 0 Å². The highest BCUT2D eigenvalue weighted by molar-refractivity contribution is 5.93. The summed E-state index contributed by atoms with van der Waals surface area (Å²) in [5.41, 5.74) is 1.71. The van der Waals surface area contributed by atoms with Gasteiger partial charge in [-0.1, -0.05) is 19.1 Å². The molecule has 0 aliphatic rings. The lowest BCUT2D eigenvalue weighted by Crippen LogP contribution is -2.34. The van der Waals surface area contributed by atoms with Gasteiger partial charge in [-0.05, 0) is 18.7 Å². The molecule has 1 aromatic heterocycles. The number of nitrogens with zero attached hydrogens (tertiary/aromatic N) is 2. The summed E-state index contributed by atoms with van der Waals surface area (Å²) in [4.78, 5) is 21.1. The van der Waals surface area contributed by atoms with Crippen LogP contribution in [0.3, 0.4) is 0 Å². The summed E-state index contributed by atoms with van der Waals surface area (Å²) in [6.07, 6.45) is 0. The predicted octanol–water partition coefficient (Wildman–Crippen LogP) is 1.24. The van der Waals surface area contributed by atoms with Crippen LogP contribution in [0.4, 0.5) is 0 Å². The first-order valence-electron chi connectivity index (χ1n) is 6.13. The first-order chi connectivity index (χ1) is 8.72. The molecule has 5 nitrogen and oxygen atoms in total. The van der Waals surface area contributed by atoms with Gasteiger partial charge in [-0.2, -0.15) is 0 Å². The minimum Gasteiger partial charge on any atom is -0.338 e. The number of amides is 1. The van der Waals surface area contributed by atoms with E-state index < -0.39 is 0 Å². The predicted molar refractivity (Wildman–Crippen MR) is 71.6 cm³/mol. The molecule has 5 heteroatoms. The van der Waals surface area contributed by atoms with Gasteiger partial charge in [0.1, 0.15) is 0 Å². The fraction of sp³-hybridized carbons (Fsp3) is 0.385. The number of H-pyrrole nitrogens is 1. The second-order valence-electron chi connectivity index (χ2n) is 4.18. The Kier molecular flexibility index (Phi) is 3.94. The maximum Gasteiger partial charge on any atom is 0.289 e. The SMILES string of the molecule is CCNCCN(C)C(=O)c1nc2ccccc2[nH]1. The van der Waals surface area contributed by atoms with Crippen molar-refractivity contribution in [1.82, 2.24) is 20.2 Å². The molecule has 1 heterocycles. The molecule has 2 rings (SSSR count). The largest absolute Gasteiger partial charge is 0.338 e. The van der Waals surface area contributed by atoms with Crippen LogP contribution < -0.4 is 5.32 Å². The van der Waals surface area contributed by atoms with Gasteiger partial charge in [0.25, 0.3) is 5.91 Å². The second kappa shape index (κ2) is 5.64. The van der Waals surface area contributed by atoms with Crippen LogP contribution in [-0.4, -0.2) is 47.5 Å². The zero-order chi connectivity index (χ0) is 13.0. The number of fused-ring (bicyclic) bond motifs is 1. The number of benzene rings is 1. The lowest BCUT2D eigenvalue weighted by Gasteiger charge is -2.15. The Bertz CT molecular complexity index is 502. The summed E-state index contributed by atoms with van der Waals surface area (Å²) in [5.74, 6) is 0.319. The Hall–Kier alpha value is -1.88. The number of aromatic nitrogens is 2. The van der Waals surface area contributed by atoms with Gasteiger partial charge in [0.2, 0.25) is 0 Å². The minimum absolute atomic E-state index is 0.0795. The molecule has 1 amide bonds. The van der Waals surface area contributed by atoms with Crippen molar-refractivity contribution < 1.29 is 4.79 Å². The molecule has 0 saturated carbocycles. The molecule has 0 bridgehead atoms. The van der Waals surface area contributed by atoms with E-state index in [2.05, 4.69) is 15.3 Å². The van der Waals surface area contributed by atoms with Crippen molar-refractivity contribution in [1.29, 1.82) is 0 Å². The van der Waals surface area contributed by atoms with E-state index in [9.17, 15) is 4.79 Å². The fourth-order valence-electron chi connectivity index (χ4n) is 1.76. The zero-order valence-electron chi connectivity index (χ0n) is 10.7. The van der Waals surface area contributed by atoms with Crippen molar-refractivity contribution in [2.75, 3.05) is 26.7 Å². The average Bonchev–Trinajstić information content (AvgIpc) is 2.81. The first-order valence-corrected chi connectivity index (χ1v) is 6.13. The van der Waals surface area contributed by atoms with Gasteiger partial charge in [-0.15, -0.1) is 0 Å². The lowest BCUT2D eigenvalue weighted by molar-refractivity contribution is 0.0786. The summed E-state index contributed by atoms with van der Waals surface area (Å²) in [6.45, 7) is 4.41. The molecule has 1 aromatic carbocycles. The Morgan fingerprint density at radius 2 is 2.22 bits per heavy atom. The van der Waals surface area contributed by atoms with Gasteiger partial charge < -0.3 is 15.2 Å². The maximum atomic E-state index is 12.1. The van der Waals surface area contributed by atoms with Crippen LogP contribution in [0.1, 0.15) is 17.5 Å². The van der Waals surface area contributed by atoms with Crippen LogP contribution in [0.2, 0.25) is 0 Å². The Morgan fingerprint density at radius 3 is 2.94 bits per heavy atom. The topological polar surface area (TPSA) is 61.0 Å².